The fraction of sp³-hybridized carbons (Fsp3) is 0.571. The van der Waals surface area contributed by atoms with Gasteiger partial charge in [0.1, 0.15) is 0 Å². The Bertz CT molecular complexity index is 586. The molecule has 0 saturated carbocycles. The molecular formula is C14H21ClN2O3S. The quantitative estimate of drug-likeness (QED) is 0.833. The van der Waals surface area contributed by atoms with E-state index in [1.54, 1.807) is 19.2 Å². The van der Waals surface area contributed by atoms with Crippen LogP contribution in [-0.2, 0) is 21.3 Å². The van der Waals surface area contributed by atoms with Gasteiger partial charge < -0.3 is 10.1 Å². The topological polar surface area (TPSA) is 67.4 Å². The van der Waals surface area contributed by atoms with Crippen LogP contribution in [0.3, 0.4) is 0 Å². The molecule has 1 heterocycles. The second-order valence-corrected chi connectivity index (χ2v) is 7.44. The van der Waals surface area contributed by atoms with Gasteiger partial charge in [0.2, 0.25) is 10.0 Å². The summed E-state index contributed by atoms with van der Waals surface area (Å²) >= 11 is 6.06. The number of hydrogen-bond acceptors (Lipinski definition) is 4. The Kier molecular flexibility index (Phi) is 5.62. The van der Waals surface area contributed by atoms with E-state index in [9.17, 15) is 8.42 Å². The SMILES string of the molecule is CNCc1cc(S(=O)(=O)NC(C)C2CCOC2)ccc1Cl. The van der Waals surface area contributed by atoms with E-state index < -0.39 is 10.0 Å². The third-order valence-corrected chi connectivity index (χ3v) is 5.63. The molecule has 0 spiro atoms. The highest BCUT2D eigenvalue weighted by atomic mass is 35.5. The molecule has 0 aliphatic carbocycles. The zero-order valence-electron chi connectivity index (χ0n) is 12.2. The highest BCUT2D eigenvalue weighted by Gasteiger charge is 2.27. The van der Waals surface area contributed by atoms with Gasteiger partial charge in [0, 0.05) is 30.1 Å². The molecule has 7 heteroatoms. The Morgan fingerprint density at radius 3 is 2.86 bits per heavy atom. The first-order chi connectivity index (χ1) is 9.94. The van der Waals surface area contributed by atoms with Crippen LogP contribution in [-0.4, -0.2) is 34.7 Å². The van der Waals surface area contributed by atoms with Gasteiger partial charge in [-0.1, -0.05) is 11.6 Å². The Labute approximate surface area is 131 Å². The average molecular weight is 333 g/mol. The molecule has 2 N–H and O–H groups in total. The maximum atomic E-state index is 12.5. The Morgan fingerprint density at radius 2 is 2.24 bits per heavy atom. The fourth-order valence-corrected chi connectivity index (χ4v) is 3.95. The summed E-state index contributed by atoms with van der Waals surface area (Å²) in [5.74, 6) is 0.226. The molecule has 1 fully saturated rings. The number of hydrogen-bond donors (Lipinski definition) is 2. The summed E-state index contributed by atoms with van der Waals surface area (Å²) in [6.07, 6.45) is 0.884. The van der Waals surface area contributed by atoms with Crippen molar-refractivity contribution in [3.8, 4) is 0 Å². The lowest BCUT2D eigenvalue weighted by molar-refractivity contribution is 0.180. The van der Waals surface area contributed by atoms with Crippen LogP contribution in [0.15, 0.2) is 23.1 Å². The first-order valence-electron chi connectivity index (χ1n) is 6.97. The highest BCUT2D eigenvalue weighted by molar-refractivity contribution is 7.89. The summed E-state index contributed by atoms with van der Waals surface area (Å²) in [5, 5.41) is 3.53. The standard InChI is InChI=1S/C14H21ClN2O3S/c1-10(11-5-6-20-9-11)17-21(18,19)13-3-4-14(15)12(7-13)8-16-2/h3-4,7,10-11,16-17H,5-6,8-9H2,1-2H3. The van der Waals surface area contributed by atoms with Crippen LogP contribution in [0.1, 0.15) is 18.9 Å². The molecule has 1 aliphatic heterocycles. The number of ether oxygens (including phenoxy) is 1. The predicted molar refractivity (Wildman–Crippen MR) is 82.9 cm³/mol. The smallest absolute Gasteiger partial charge is 0.240 e. The number of halogens is 1. The molecule has 0 aromatic heterocycles. The minimum absolute atomic E-state index is 0.152. The summed E-state index contributed by atoms with van der Waals surface area (Å²) in [5.41, 5.74) is 0.763. The van der Waals surface area contributed by atoms with Gasteiger partial charge in [-0.25, -0.2) is 13.1 Å². The van der Waals surface area contributed by atoms with E-state index in [1.165, 1.54) is 6.07 Å². The van der Waals surface area contributed by atoms with Crippen LogP contribution >= 0.6 is 11.6 Å². The van der Waals surface area contributed by atoms with Gasteiger partial charge in [-0.2, -0.15) is 0 Å². The average Bonchev–Trinajstić information content (AvgIpc) is 2.95. The summed E-state index contributed by atoms with van der Waals surface area (Å²) in [7, 11) is -1.76. The zero-order chi connectivity index (χ0) is 15.5. The van der Waals surface area contributed by atoms with E-state index in [1.807, 2.05) is 6.92 Å². The zero-order valence-corrected chi connectivity index (χ0v) is 13.8. The van der Waals surface area contributed by atoms with Gasteiger partial charge in [-0.15, -0.1) is 0 Å². The molecule has 1 aliphatic rings. The molecule has 21 heavy (non-hydrogen) atoms. The van der Waals surface area contributed by atoms with Gasteiger partial charge in [0.15, 0.2) is 0 Å². The van der Waals surface area contributed by atoms with E-state index in [4.69, 9.17) is 16.3 Å². The van der Waals surface area contributed by atoms with E-state index in [0.29, 0.717) is 24.8 Å². The van der Waals surface area contributed by atoms with Gasteiger partial charge in [0.05, 0.1) is 11.5 Å². The Morgan fingerprint density at radius 1 is 1.48 bits per heavy atom. The summed E-state index contributed by atoms with van der Waals surface area (Å²) in [4.78, 5) is 0.239. The summed E-state index contributed by atoms with van der Waals surface area (Å²) in [6, 6.07) is 4.60. The fourth-order valence-electron chi connectivity index (χ4n) is 2.40. The lowest BCUT2D eigenvalue weighted by atomic mass is 10.0. The second kappa shape index (κ2) is 7.07. The number of sulfonamides is 1. The largest absolute Gasteiger partial charge is 0.381 e. The van der Waals surface area contributed by atoms with Crippen LogP contribution in [0.2, 0.25) is 5.02 Å². The van der Waals surface area contributed by atoms with Crippen molar-refractivity contribution in [2.75, 3.05) is 20.3 Å². The number of benzene rings is 1. The number of nitrogens with one attached hydrogen (secondary N) is 2. The van der Waals surface area contributed by atoms with Crippen molar-refractivity contribution in [2.24, 2.45) is 5.92 Å². The van der Waals surface area contributed by atoms with Crippen molar-refractivity contribution in [3.63, 3.8) is 0 Å². The molecule has 2 unspecified atom stereocenters. The van der Waals surface area contributed by atoms with Gasteiger partial charge in [-0.3, -0.25) is 0 Å². The molecular weight excluding hydrogens is 312 g/mol. The maximum Gasteiger partial charge on any atom is 0.240 e. The third-order valence-electron chi connectivity index (χ3n) is 3.71. The molecule has 0 bridgehead atoms. The monoisotopic (exact) mass is 332 g/mol. The van der Waals surface area contributed by atoms with Gasteiger partial charge in [-0.05, 0) is 44.2 Å². The third kappa shape index (κ3) is 4.17. The van der Waals surface area contributed by atoms with E-state index in [0.717, 1.165) is 12.0 Å². The van der Waals surface area contributed by atoms with Crippen LogP contribution < -0.4 is 10.0 Å². The minimum atomic E-state index is -3.55. The Balaban J connectivity index is 2.16. The van der Waals surface area contributed by atoms with Crippen LogP contribution in [0, 0.1) is 5.92 Å². The van der Waals surface area contributed by atoms with E-state index in [-0.39, 0.29) is 16.9 Å². The van der Waals surface area contributed by atoms with Crippen molar-refractivity contribution in [1.82, 2.24) is 10.0 Å². The molecule has 2 rings (SSSR count). The first kappa shape index (κ1) is 16.7. The van der Waals surface area contributed by atoms with Crippen molar-refractivity contribution in [1.29, 1.82) is 0 Å². The molecule has 1 aromatic carbocycles. The second-order valence-electron chi connectivity index (χ2n) is 5.32. The summed E-state index contributed by atoms with van der Waals surface area (Å²) < 4.78 is 32.9. The molecule has 0 radical (unpaired) electrons. The molecule has 118 valence electrons. The summed E-state index contributed by atoms with van der Waals surface area (Å²) in [6.45, 7) is 3.70. The molecule has 1 aromatic rings. The van der Waals surface area contributed by atoms with Crippen LogP contribution in [0.5, 0.6) is 0 Å². The van der Waals surface area contributed by atoms with Crippen molar-refractivity contribution >= 4 is 21.6 Å². The van der Waals surface area contributed by atoms with Crippen molar-refractivity contribution in [2.45, 2.75) is 30.8 Å². The Hall–Kier alpha value is -0.660. The van der Waals surface area contributed by atoms with Crippen LogP contribution in [0.25, 0.3) is 0 Å². The highest BCUT2D eigenvalue weighted by Crippen LogP contribution is 2.22. The van der Waals surface area contributed by atoms with Crippen molar-refractivity contribution < 1.29 is 13.2 Å². The van der Waals surface area contributed by atoms with Crippen molar-refractivity contribution in [3.05, 3.63) is 28.8 Å². The molecule has 1 saturated heterocycles. The molecule has 2 atom stereocenters. The van der Waals surface area contributed by atoms with Gasteiger partial charge in [0.25, 0.3) is 0 Å². The minimum Gasteiger partial charge on any atom is -0.381 e. The van der Waals surface area contributed by atoms with Crippen LogP contribution in [0.4, 0.5) is 0 Å². The lowest BCUT2D eigenvalue weighted by Gasteiger charge is -2.19. The van der Waals surface area contributed by atoms with Gasteiger partial charge >= 0.3 is 0 Å². The molecule has 0 amide bonds. The number of rotatable bonds is 6. The van der Waals surface area contributed by atoms with E-state index >= 15 is 0 Å². The molecule has 5 nitrogen and oxygen atoms in total. The lowest BCUT2D eigenvalue weighted by Crippen LogP contribution is -2.38. The normalized spacial score (nSPS) is 20.6. The first-order valence-corrected chi connectivity index (χ1v) is 8.83. The van der Waals surface area contributed by atoms with E-state index in [2.05, 4.69) is 10.0 Å². The predicted octanol–water partition coefficient (Wildman–Crippen LogP) is 1.76. The maximum absolute atomic E-state index is 12.5.